The van der Waals surface area contributed by atoms with E-state index in [0.717, 1.165) is 24.3 Å². The lowest BCUT2D eigenvalue weighted by Crippen LogP contribution is -2.05. The molecule has 0 unspecified atom stereocenters. The van der Waals surface area contributed by atoms with Crippen LogP contribution < -0.4 is 0 Å². The van der Waals surface area contributed by atoms with Crippen LogP contribution in [0.5, 0.6) is 17.2 Å². The van der Waals surface area contributed by atoms with Gasteiger partial charge in [0.1, 0.15) is 17.2 Å². The van der Waals surface area contributed by atoms with Crippen LogP contribution in [0.25, 0.3) is 0 Å². The van der Waals surface area contributed by atoms with Gasteiger partial charge in [-0.15, -0.1) is 0 Å². The summed E-state index contributed by atoms with van der Waals surface area (Å²) in [6.45, 7) is 0. The van der Waals surface area contributed by atoms with Crippen LogP contribution >= 0.6 is 0 Å². The van der Waals surface area contributed by atoms with E-state index in [1.54, 1.807) is 24.3 Å². The molecule has 0 radical (unpaired) electrons. The zero-order chi connectivity index (χ0) is 28.1. The molecule has 39 heavy (non-hydrogen) atoms. The van der Waals surface area contributed by atoms with Gasteiger partial charge in [0, 0.05) is 49.2 Å². The molecule has 0 saturated heterocycles. The van der Waals surface area contributed by atoms with Crippen molar-refractivity contribution in [3.8, 4) is 17.2 Å². The standard InChI is InChI=1S/C27H23NO9S2/c29-25-17-2-1-3-18(25)8-22-12-24(39(35,36)37)10-20(27(22)31)6-16-4-15(13-28-14-16)5-19-9-23(38(32,33)34)11-21(7-17)26(19)30/h1-4,9-14,29-31H,5-8H2,(H,32,33,34)(H,35,36,37). The number of aromatic nitrogens is 1. The minimum Gasteiger partial charge on any atom is -0.507 e. The van der Waals surface area contributed by atoms with Crippen molar-refractivity contribution in [3.63, 3.8) is 0 Å². The van der Waals surface area contributed by atoms with Gasteiger partial charge in [-0.2, -0.15) is 16.8 Å². The number of aromatic hydroxyl groups is 3. The van der Waals surface area contributed by atoms with E-state index in [1.807, 2.05) is 0 Å². The van der Waals surface area contributed by atoms with Gasteiger partial charge in [-0.25, -0.2) is 0 Å². The molecule has 0 amide bonds. The third-order valence-corrected chi connectivity index (χ3v) is 8.35. The summed E-state index contributed by atoms with van der Waals surface area (Å²) in [5.41, 5.74) is 2.41. The van der Waals surface area contributed by atoms with E-state index in [1.165, 1.54) is 12.4 Å². The highest BCUT2D eigenvalue weighted by atomic mass is 32.2. The van der Waals surface area contributed by atoms with Gasteiger partial charge < -0.3 is 15.3 Å². The number of benzene rings is 3. The van der Waals surface area contributed by atoms with Gasteiger partial charge in [-0.05, 0) is 57.6 Å². The summed E-state index contributed by atoms with van der Waals surface area (Å²) >= 11 is 0. The predicted molar refractivity (Wildman–Crippen MR) is 139 cm³/mol. The lowest BCUT2D eigenvalue weighted by atomic mass is 9.92. The molecule has 5 N–H and O–H groups in total. The summed E-state index contributed by atoms with van der Waals surface area (Å²) in [7, 11) is -9.24. The smallest absolute Gasteiger partial charge is 0.294 e. The molecule has 202 valence electrons. The molecule has 8 bridgehead atoms. The second kappa shape index (κ2) is 9.65. The Morgan fingerprint density at radius 2 is 0.897 bits per heavy atom. The van der Waals surface area contributed by atoms with Crippen molar-refractivity contribution in [3.05, 3.63) is 105 Å². The Morgan fingerprint density at radius 1 is 0.538 bits per heavy atom. The molecule has 0 spiro atoms. The van der Waals surface area contributed by atoms with E-state index in [-0.39, 0.29) is 65.2 Å². The number of rotatable bonds is 2. The number of hydrogen-bond acceptors (Lipinski definition) is 8. The van der Waals surface area contributed by atoms with Crippen molar-refractivity contribution in [2.45, 2.75) is 35.5 Å². The van der Waals surface area contributed by atoms with E-state index < -0.39 is 30.0 Å². The number of para-hydroxylation sites is 1. The predicted octanol–water partition coefficient (Wildman–Crippen LogP) is 3.37. The summed E-state index contributed by atoms with van der Waals surface area (Å²) in [4.78, 5) is 3.36. The molecule has 5 rings (SSSR count). The maximum absolute atomic E-state index is 12.0. The maximum Gasteiger partial charge on any atom is 0.294 e. The number of phenols is 3. The first kappa shape index (κ1) is 26.6. The Balaban J connectivity index is 1.77. The van der Waals surface area contributed by atoms with Gasteiger partial charge in [-0.3, -0.25) is 14.1 Å². The first-order valence-electron chi connectivity index (χ1n) is 11.7. The highest BCUT2D eigenvalue weighted by Crippen LogP contribution is 2.37. The molecular weight excluding hydrogens is 546 g/mol. The maximum atomic E-state index is 12.0. The number of pyridine rings is 1. The molecule has 10 nitrogen and oxygen atoms in total. The summed E-state index contributed by atoms with van der Waals surface area (Å²) in [5.74, 6) is -0.619. The molecule has 3 aromatic carbocycles. The molecule has 1 aliphatic rings. The zero-order valence-electron chi connectivity index (χ0n) is 20.2. The topological polar surface area (TPSA) is 182 Å². The van der Waals surface area contributed by atoms with Crippen LogP contribution in [-0.4, -0.2) is 46.2 Å². The van der Waals surface area contributed by atoms with Gasteiger partial charge in [0.25, 0.3) is 20.2 Å². The van der Waals surface area contributed by atoms with E-state index >= 15 is 0 Å². The van der Waals surface area contributed by atoms with Crippen molar-refractivity contribution in [2.24, 2.45) is 0 Å². The average molecular weight is 570 g/mol. The zero-order valence-corrected chi connectivity index (χ0v) is 21.9. The van der Waals surface area contributed by atoms with Crippen LogP contribution in [0.15, 0.2) is 70.7 Å². The highest BCUT2D eigenvalue weighted by molar-refractivity contribution is 7.86. The molecule has 0 fully saturated rings. The summed E-state index contributed by atoms with van der Waals surface area (Å²) in [6, 6.07) is 11.0. The number of hydrogen-bond donors (Lipinski definition) is 5. The largest absolute Gasteiger partial charge is 0.507 e. The Hall–Kier alpha value is -3.97. The first-order valence-corrected chi connectivity index (χ1v) is 14.5. The number of nitrogens with zero attached hydrogens (tertiary/aromatic N) is 1. The normalized spacial score (nSPS) is 13.7. The second-order valence-electron chi connectivity index (χ2n) is 9.46. The molecule has 0 saturated carbocycles. The molecule has 0 atom stereocenters. The SMILES string of the molecule is O=S(=O)(O)c1cc2c(O)c(c1)Cc1cccc(c1O)Cc1cc(S(=O)(=O)O)cc(c1O)Cc1cncc(c1)C2. The fourth-order valence-corrected chi connectivity index (χ4v) is 5.97. The third kappa shape index (κ3) is 5.45. The van der Waals surface area contributed by atoms with Gasteiger partial charge in [0.15, 0.2) is 0 Å². The summed E-state index contributed by atoms with van der Waals surface area (Å²) < 4.78 is 67.6. The quantitative estimate of drug-likeness (QED) is 0.198. The van der Waals surface area contributed by atoms with Crippen LogP contribution in [-0.2, 0) is 45.9 Å². The van der Waals surface area contributed by atoms with Crippen molar-refractivity contribution >= 4 is 20.2 Å². The fourth-order valence-electron chi connectivity index (χ4n) is 4.81. The van der Waals surface area contributed by atoms with E-state index in [9.17, 15) is 41.3 Å². The Labute approximate surface area is 224 Å². The minimum atomic E-state index is -4.62. The van der Waals surface area contributed by atoms with E-state index in [0.29, 0.717) is 22.3 Å². The third-order valence-electron chi connectivity index (χ3n) is 6.68. The number of phenolic OH excluding ortho intramolecular Hbond substituents is 3. The summed E-state index contributed by atoms with van der Waals surface area (Å²) in [5, 5.41) is 33.2. The van der Waals surface area contributed by atoms with Crippen molar-refractivity contribution in [2.75, 3.05) is 0 Å². The van der Waals surface area contributed by atoms with Crippen LogP contribution in [0.4, 0.5) is 0 Å². The van der Waals surface area contributed by atoms with E-state index in [2.05, 4.69) is 4.98 Å². The molecule has 1 heterocycles. The van der Waals surface area contributed by atoms with Gasteiger partial charge in [0.2, 0.25) is 0 Å². The van der Waals surface area contributed by atoms with Crippen LogP contribution in [0.2, 0.25) is 0 Å². The molecular formula is C27H23NO9S2. The minimum absolute atomic E-state index is 0.0251. The average Bonchev–Trinajstić information content (AvgIpc) is 2.84. The van der Waals surface area contributed by atoms with Crippen LogP contribution in [0.1, 0.15) is 44.5 Å². The Morgan fingerprint density at radius 3 is 1.28 bits per heavy atom. The second-order valence-corrected chi connectivity index (χ2v) is 12.3. The molecule has 1 aliphatic carbocycles. The molecule has 4 aromatic rings. The Kier molecular flexibility index (Phi) is 6.59. The van der Waals surface area contributed by atoms with Crippen molar-refractivity contribution < 1.29 is 41.3 Å². The number of fused-ring (bicyclic) bond motifs is 8. The Bertz CT molecular complexity index is 1720. The summed E-state index contributed by atoms with van der Waals surface area (Å²) in [6.07, 6.45) is 2.84. The van der Waals surface area contributed by atoms with Crippen LogP contribution in [0.3, 0.4) is 0 Å². The van der Waals surface area contributed by atoms with Gasteiger partial charge >= 0.3 is 0 Å². The monoisotopic (exact) mass is 569 g/mol. The molecule has 12 heteroatoms. The molecule has 0 aliphatic heterocycles. The van der Waals surface area contributed by atoms with Gasteiger partial charge in [-0.1, -0.05) is 24.3 Å². The fraction of sp³-hybridized carbons (Fsp3) is 0.148. The van der Waals surface area contributed by atoms with Crippen molar-refractivity contribution in [1.82, 2.24) is 4.98 Å². The van der Waals surface area contributed by atoms with Gasteiger partial charge in [0.05, 0.1) is 9.79 Å². The lowest BCUT2D eigenvalue weighted by molar-refractivity contribution is 0.453. The van der Waals surface area contributed by atoms with Crippen molar-refractivity contribution in [1.29, 1.82) is 0 Å². The van der Waals surface area contributed by atoms with E-state index in [4.69, 9.17) is 0 Å². The molecule has 1 aromatic heterocycles. The lowest BCUT2D eigenvalue weighted by Gasteiger charge is -2.17. The van der Waals surface area contributed by atoms with Crippen LogP contribution in [0, 0.1) is 0 Å². The first-order chi connectivity index (χ1) is 18.3. The highest BCUT2D eigenvalue weighted by Gasteiger charge is 2.22.